The summed E-state index contributed by atoms with van der Waals surface area (Å²) in [6.07, 6.45) is 3.48. The van der Waals surface area contributed by atoms with Gasteiger partial charge in [0.2, 0.25) is 0 Å². The second-order valence-electron chi connectivity index (χ2n) is 9.98. The Bertz CT molecular complexity index is 1420. The number of nitrogens with zero attached hydrogens (tertiary/aromatic N) is 2. The summed E-state index contributed by atoms with van der Waals surface area (Å²) in [5.41, 5.74) is 3.11. The average Bonchev–Trinajstić information content (AvgIpc) is 3.33. The smallest absolute Gasteiger partial charge is 0.168 e. The third kappa shape index (κ3) is 7.77. The molecule has 1 aromatic heterocycles. The first-order chi connectivity index (χ1) is 18.4. The molecule has 3 rings (SSSR count). The number of nitrogens with one attached hydrogen (secondary N) is 2. The molecule has 2 aromatic carbocycles. The number of H-pyrrole nitrogens is 1. The molecule has 0 saturated carbocycles. The fourth-order valence-corrected chi connectivity index (χ4v) is 6.19. The molecule has 1 heterocycles. The van der Waals surface area contributed by atoms with Crippen LogP contribution < -0.4 is 10.2 Å². The number of hydrazine groups is 1. The molecule has 0 aliphatic rings. The Labute approximate surface area is 229 Å². The lowest BCUT2D eigenvalue weighted by molar-refractivity contribution is -0.00158. The second kappa shape index (κ2) is 12.9. The standard InChI is InChI=1S/C28H38F2N4O4S/c1-7-8-14-37-28(2,3)18-39(35,36)15-12-21-20-11-13-33-25(20)17-24(30)26(21)38-19-9-10-23(29)22(16-19)27(31-4)34(6)32-5/h9-11,13,16-17,32-33H,7-8,12,14-15,18H2,1-6H3. The van der Waals surface area contributed by atoms with Gasteiger partial charge in [-0.25, -0.2) is 22.6 Å². The van der Waals surface area contributed by atoms with Gasteiger partial charge in [0.05, 0.1) is 22.7 Å². The van der Waals surface area contributed by atoms with Crippen LogP contribution >= 0.6 is 0 Å². The number of unbranched alkanes of at least 4 members (excludes halogenated alkanes) is 1. The predicted molar refractivity (Wildman–Crippen MR) is 151 cm³/mol. The Balaban J connectivity index is 1.93. The second-order valence-corrected chi connectivity index (χ2v) is 12.2. The van der Waals surface area contributed by atoms with Gasteiger partial charge in [0.1, 0.15) is 17.4 Å². The molecular weight excluding hydrogens is 526 g/mol. The maximum absolute atomic E-state index is 15.4. The summed E-state index contributed by atoms with van der Waals surface area (Å²) in [5, 5.41) is 2.19. The van der Waals surface area contributed by atoms with Crippen molar-refractivity contribution >= 4 is 26.6 Å². The van der Waals surface area contributed by atoms with E-state index in [4.69, 9.17) is 9.47 Å². The van der Waals surface area contributed by atoms with Crippen LogP contribution in [0.2, 0.25) is 0 Å². The number of aryl methyl sites for hydroxylation is 1. The Kier molecular flexibility index (Phi) is 10.1. The van der Waals surface area contributed by atoms with E-state index in [0.717, 1.165) is 12.8 Å². The van der Waals surface area contributed by atoms with Crippen LogP contribution in [0, 0.1) is 11.6 Å². The van der Waals surface area contributed by atoms with Crippen molar-refractivity contribution in [3.8, 4) is 11.5 Å². The van der Waals surface area contributed by atoms with Crippen molar-refractivity contribution < 1.29 is 26.7 Å². The predicted octanol–water partition coefficient (Wildman–Crippen LogP) is 5.23. The molecule has 8 nitrogen and oxygen atoms in total. The Morgan fingerprint density at radius 2 is 1.92 bits per heavy atom. The van der Waals surface area contributed by atoms with Crippen LogP contribution in [0.25, 0.3) is 10.9 Å². The van der Waals surface area contributed by atoms with Crippen molar-refractivity contribution in [3.05, 3.63) is 59.3 Å². The molecule has 0 amide bonds. The van der Waals surface area contributed by atoms with Crippen molar-refractivity contribution in [3.63, 3.8) is 0 Å². The minimum atomic E-state index is -3.56. The summed E-state index contributed by atoms with van der Waals surface area (Å²) in [5.74, 6) is -1.18. The third-order valence-electron chi connectivity index (χ3n) is 6.35. The van der Waals surface area contributed by atoms with E-state index in [1.165, 1.54) is 31.3 Å². The number of aliphatic imine (C=N–C) groups is 1. The van der Waals surface area contributed by atoms with Gasteiger partial charge in [0, 0.05) is 56.5 Å². The van der Waals surface area contributed by atoms with Crippen molar-refractivity contribution in [1.82, 2.24) is 15.4 Å². The highest BCUT2D eigenvalue weighted by molar-refractivity contribution is 7.91. The van der Waals surface area contributed by atoms with Crippen molar-refractivity contribution in [2.75, 3.05) is 39.3 Å². The number of fused-ring (bicyclic) bond motifs is 1. The van der Waals surface area contributed by atoms with Gasteiger partial charge >= 0.3 is 0 Å². The van der Waals surface area contributed by atoms with Gasteiger partial charge in [-0.2, -0.15) is 0 Å². The molecule has 0 saturated heterocycles. The molecule has 0 spiro atoms. The van der Waals surface area contributed by atoms with Gasteiger partial charge in [-0.15, -0.1) is 0 Å². The van der Waals surface area contributed by atoms with Gasteiger partial charge in [-0.3, -0.25) is 10.0 Å². The fraction of sp³-hybridized carbons (Fsp3) is 0.464. The largest absolute Gasteiger partial charge is 0.454 e. The Morgan fingerprint density at radius 3 is 2.59 bits per heavy atom. The molecule has 214 valence electrons. The van der Waals surface area contributed by atoms with Gasteiger partial charge in [0.25, 0.3) is 0 Å². The van der Waals surface area contributed by atoms with E-state index in [0.29, 0.717) is 28.9 Å². The summed E-state index contributed by atoms with van der Waals surface area (Å²) in [6.45, 7) is 6.04. The summed E-state index contributed by atoms with van der Waals surface area (Å²) in [4.78, 5) is 7.12. The number of halogens is 2. The molecular formula is C28H38F2N4O4S. The van der Waals surface area contributed by atoms with E-state index in [1.54, 1.807) is 45.2 Å². The van der Waals surface area contributed by atoms with Crippen molar-refractivity contribution in [2.45, 2.75) is 45.6 Å². The van der Waals surface area contributed by atoms with E-state index in [2.05, 4.69) is 15.4 Å². The SMILES string of the molecule is CCCCOC(C)(C)CS(=O)(=O)CCc1c(Oc2ccc(F)c(C(=NC)N(C)NC)c2)c(F)cc2[nH]ccc12. The number of aromatic nitrogens is 1. The molecule has 0 unspecified atom stereocenters. The van der Waals surface area contributed by atoms with Crippen LogP contribution in [0.5, 0.6) is 11.5 Å². The minimum Gasteiger partial charge on any atom is -0.454 e. The zero-order chi connectivity index (χ0) is 28.8. The lowest BCUT2D eigenvalue weighted by atomic mass is 10.1. The van der Waals surface area contributed by atoms with E-state index < -0.39 is 27.1 Å². The van der Waals surface area contributed by atoms with Crippen LogP contribution in [0.1, 0.15) is 44.7 Å². The van der Waals surface area contributed by atoms with Crippen LogP contribution in [0.15, 0.2) is 41.5 Å². The van der Waals surface area contributed by atoms with Crippen LogP contribution in [0.4, 0.5) is 8.78 Å². The maximum atomic E-state index is 15.4. The number of sulfone groups is 1. The van der Waals surface area contributed by atoms with Gasteiger partial charge in [-0.1, -0.05) is 13.3 Å². The number of benzene rings is 2. The molecule has 0 bridgehead atoms. The number of rotatable bonds is 13. The zero-order valence-electron chi connectivity index (χ0n) is 23.4. The number of hydrogen-bond acceptors (Lipinski definition) is 6. The highest BCUT2D eigenvalue weighted by Crippen LogP contribution is 2.35. The molecule has 0 radical (unpaired) electrons. The van der Waals surface area contributed by atoms with Gasteiger partial charge < -0.3 is 14.5 Å². The zero-order valence-corrected chi connectivity index (χ0v) is 24.2. The van der Waals surface area contributed by atoms with Crippen LogP contribution in [0.3, 0.4) is 0 Å². The summed E-state index contributed by atoms with van der Waals surface area (Å²) in [6, 6.07) is 7.09. The molecule has 0 atom stereocenters. The van der Waals surface area contributed by atoms with Crippen molar-refractivity contribution in [2.24, 2.45) is 4.99 Å². The van der Waals surface area contributed by atoms with Crippen molar-refractivity contribution in [1.29, 1.82) is 0 Å². The Morgan fingerprint density at radius 1 is 1.18 bits per heavy atom. The number of amidine groups is 1. The number of aromatic amines is 1. The maximum Gasteiger partial charge on any atom is 0.168 e. The molecule has 0 fully saturated rings. The van der Waals surface area contributed by atoms with Gasteiger partial charge in [0.15, 0.2) is 21.4 Å². The minimum absolute atomic E-state index is 0.0209. The van der Waals surface area contributed by atoms with E-state index in [-0.39, 0.29) is 35.0 Å². The third-order valence-corrected chi connectivity index (χ3v) is 8.31. The van der Waals surface area contributed by atoms with E-state index in [1.807, 2.05) is 6.92 Å². The summed E-state index contributed by atoms with van der Waals surface area (Å²) < 4.78 is 68.0. The van der Waals surface area contributed by atoms with Crippen LogP contribution in [-0.4, -0.2) is 69.1 Å². The first kappa shape index (κ1) is 30.5. The van der Waals surface area contributed by atoms with E-state index in [9.17, 15) is 12.8 Å². The van der Waals surface area contributed by atoms with Gasteiger partial charge in [-0.05, 0) is 51.0 Å². The first-order valence-electron chi connectivity index (χ1n) is 12.9. The molecule has 39 heavy (non-hydrogen) atoms. The highest BCUT2D eigenvalue weighted by Gasteiger charge is 2.28. The molecule has 0 aliphatic carbocycles. The first-order valence-corrected chi connectivity index (χ1v) is 14.7. The summed E-state index contributed by atoms with van der Waals surface area (Å²) in [7, 11) is 1.33. The number of hydrogen-bond donors (Lipinski definition) is 2. The lowest BCUT2D eigenvalue weighted by Crippen LogP contribution is -2.37. The monoisotopic (exact) mass is 564 g/mol. The quantitative estimate of drug-likeness (QED) is 0.128. The highest BCUT2D eigenvalue weighted by atomic mass is 32.2. The molecule has 2 N–H and O–H groups in total. The van der Waals surface area contributed by atoms with Crippen LogP contribution in [-0.2, 0) is 21.0 Å². The molecule has 3 aromatic rings. The lowest BCUT2D eigenvalue weighted by Gasteiger charge is -2.25. The number of ether oxygens (including phenoxy) is 2. The molecule has 0 aliphatic heterocycles. The summed E-state index contributed by atoms with van der Waals surface area (Å²) >= 11 is 0. The normalized spacial score (nSPS) is 12.8. The fourth-order valence-electron chi connectivity index (χ4n) is 4.39. The Hall–Kier alpha value is -3.02. The topological polar surface area (TPSA) is 96.0 Å². The van der Waals surface area contributed by atoms with E-state index >= 15 is 4.39 Å². The average molecular weight is 565 g/mol. The molecule has 11 heteroatoms.